The summed E-state index contributed by atoms with van der Waals surface area (Å²) < 4.78 is 41.6. The van der Waals surface area contributed by atoms with E-state index in [9.17, 15) is 18.4 Å². The summed E-state index contributed by atoms with van der Waals surface area (Å²) in [6.45, 7) is 2.73. The molecule has 2 fully saturated rings. The van der Waals surface area contributed by atoms with Crippen LogP contribution in [0.2, 0.25) is 0 Å². The lowest BCUT2D eigenvalue weighted by Gasteiger charge is -2.27. The highest BCUT2D eigenvalue weighted by Gasteiger charge is 2.37. The zero-order valence-electron chi connectivity index (χ0n) is 17.7. The molecule has 2 aliphatic rings. The molecule has 168 valence electrons. The minimum atomic E-state index is -4.49. The van der Waals surface area contributed by atoms with E-state index >= 15 is 0 Å². The van der Waals surface area contributed by atoms with Crippen molar-refractivity contribution >= 4 is 11.4 Å². The Hall–Kier alpha value is -2.87. The Labute approximate surface area is 184 Å². The SMILES string of the molecule is C[NH2+]c1cc(-c2ccc(CCCN3CC4CC3CN4)c(C(F)(F)F)c2)nc(C#N)c1N=N. The molecule has 4 rings (SSSR count). The van der Waals surface area contributed by atoms with Gasteiger partial charge in [-0.25, -0.2) is 10.5 Å². The molecule has 10 heteroatoms. The number of nitriles is 1. The second-order valence-electron chi connectivity index (χ2n) is 8.27. The lowest BCUT2D eigenvalue weighted by atomic mass is 9.97. The van der Waals surface area contributed by atoms with E-state index < -0.39 is 11.7 Å². The van der Waals surface area contributed by atoms with Crippen molar-refractivity contribution in [2.75, 3.05) is 26.7 Å². The quantitative estimate of drug-likeness (QED) is 0.571. The third-order valence-corrected chi connectivity index (χ3v) is 6.32. The predicted octanol–water partition coefficient (Wildman–Crippen LogP) is 3.10. The first-order chi connectivity index (χ1) is 15.3. The number of hydrogen-bond donors (Lipinski definition) is 3. The van der Waals surface area contributed by atoms with Gasteiger partial charge in [0.1, 0.15) is 6.07 Å². The number of likely N-dealkylation sites (tertiary alicyclic amines) is 1. The van der Waals surface area contributed by atoms with Crippen molar-refractivity contribution in [3.63, 3.8) is 0 Å². The second-order valence-corrected chi connectivity index (χ2v) is 8.27. The molecule has 2 saturated heterocycles. The van der Waals surface area contributed by atoms with Crippen molar-refractivity contribution in [2.45, 2.75) is 37.5 Å². The summed E-state index contributed by atoms with van der Waals surface area (Å²) in [4.78, 5) is 6.53. The summed E-state index contributed by atoms with van der Waals surface area (Å²) in [7, 11) is 1.71. The summed E-state index contributed by atoms with van der Waals surface area (Å²) in [6.07, 6.45) is -2.35. The van der Waals surface area contributed by atoms with Gasteiger partial charge >= 0.3 is 6.18 Å². The van der Waals surface area contributed by atoms with Gasteiger partial charge in [0.25, 0.3) is 0 Å². The molecule has 4 N–H and O–H groups in total. The first-order valence-electron chi connectivity index (χ1n) is 10.6. The maximum Gasteiger partial charge on any atom is 0.416 e. The van der Waals surface area contributed by atoms with Gasteiger partial charge < -0.3 is 10.6 Å². The van der Waals surface area contributed by atoms with Crippen LogP contribution in [0.25, 0.3) is 11.3 Å². The molecule has 2 aromatic rings. The molecule has 1 aromatic carbocycles. The monoisotopic (exact) mass is 444 g/mol. The number of aromatic nitrogens is 1. The molecule has 2 aliphatic heterocycles. The highest BCUT2D eigenvalue weighted by Crippen LogP contribution is 2.37. The molecule has 2 bridgehead atoms. The molecular formula is C22H25F3N7+. The fraction of sp³-hybridized carbons (Fsp3) is 0.455. The third kappa shape index (κ3) is 4.37. The summed E-state index contributed by atoms with van der Waals surface area (Å²) in [5.41, 5.74) is 7.89. The van der Waals surface area contributed by atoms with Crippen LogP contribution in [0.4, 0.5) is 24.5 Å². The van der Waals surface area contributed by atoms with E-state index in [4.69, 9.17) is 5.53 Å². The third-order valence-electron chi connectivity index (χ3n) is 6.32. The van der Waals surface area contributed by atoms with E-state index in [1.165, 1.54) is 6.07 Å². The largest absolute Gasteiger partial charge is 0.416 e. The van der Waals surface area contributed by atoms with Gasteiger partial charge in [0, 0.05) is 36.8 Å². The van der Waals surface area contributed by atoms with Crippen LogP contribution in [0.3, 0.4) is 0 Å². The predicted molar refractivity (Wildman–Crippen MR) is 112 cm³/mol. The Morgan fingerprint density at radius 1 is 1.38 bits per heavy atom. The van der Waals surface area contributed by atoms with Crippen molar-refractivity contribution in [3.8, 4) is 17.3 Å². The first kappa shape index (κ1) is 22.3. The zero-order chi connectivity index (χ0) is 22.9. The number of nitrogens with one attached hydrogen (secondary N) is 2. The molecule has 2 unspecified atom stereocenters. The number of hydrogen-bond acceptors (Lipinski definition) is 6. The molecular weight excluding hydrogens is 419 g/mol. The van der Waals surface area contributed by atoms with Gasteiger partial charge in [0.2, 0.25) is 0 Å². The standard InChI is InChI=1S/C22H24F3N7/c1-28-19-9-18(30-20(10-26)21(19)31-27)14-5-4-13(17(7-14)22(23,24)25)3-2-6-32-12-15-8-16(32)11-29-15/h4-5,7,9,15-16,27,29H,2-3,6,8,11-12H2,1H3,(H,28,30)/p+1. The molecule has 0 amide bonds. The van der Waals surface area contributed by atoms with Crippen LogP contribution in [0.1, 0.15) is 29.7 Å². The number of nitrogens with zero attached hydrogens (tertiary/aromatic N) is 4. The number of halogens is 3. The van der Waals surface area contributed by atoms with E-state index in [1.54, 1.807) is 24.5 Å². The molecule has 0 aliphatic carbocycles. The lowest BCUT2D eigenvalue weighted by molar-refractivity contribution is -0.538. The maximum atomic E-state index is 13.9. The van der Waals surface area contributed by atoms with Gasteiger partial charge in [0.05, 0.1) is 18.3 Å². The Kier molecular flexibility index (Phi) is 6.24. The summed E-state index contributed by atoms with van der Waals surface area (Å²) in [5, 5.41) is 17.8. The molecule has 3 heterocycles. The summed E-state index contributed by atoms with van der Waals surface area (Å²) in [6, 6.07) is 8.71. The topological polar surface area (TPSA) is 105 Å². The Bertz CT molecular complexity index is 1060. The normalized spacial score (nSPS) is 20.5. The molecule has 32 heavy (non-hydrogen) atoms. The number of piperazine rings is 1. The minimum absolute atomic E-state index is 0.0855. The average molecular weight is 444 g/mol. The highest BCUT2D eigenvalue weighted by atomic mass is 19.4. The average Bonchev–Trinajstić information content (AvgIpc) is 3.41. The number of rotatable bonds is 7. The van der Waals surface area contributed by atoms with Crippen molar-refractivity contribution in [3.05, 3.63) is 41.1 Å². The number of fused-ring (bicyclic) bond motifs is 2. The van der Waals surface area contributed by atoms with Crippen LogP contribution in [-0.4, -0.2) is 48.6 Å². The van der Waals surface area contributed by atoms with E-state index in [0.717, 1.165) is 32.1 Å². The van der Waals surface area contributed by atoms with Gasteiger partial charge in [-0.05, 0) is 37.4 Å². The Morgan fingerprint density at radius 2 is 2.19 bits per heavy atom. The minimum Gasteiger partial charge on any atom is -0.314 e. The van der Waals surface area contributed by atoms with Gasteiger partial charge in [-0.3, -0.25) is 4.90 Å². The fourth-order valence-electron chi connectivity index (χ4n) is 4.73. The van der Waals surface area contributed by atoms with E-state index in [-0.39, 0.29) is 28.2 Å². The van der Waals surface area contributed by atoms with Crippen LogP contribution in [0.15, 0.2) is 29.4 Å². The van der Waals surface area contributed by atoms with Gasteiger partial charge in [-0.1, -0.05) is 12.1 Å². The lowest BCUT2D eigenvalue weighted by Crippen LogP contribution is -2.72. The van der Waals surface area contributed by atoms with Crippen LogP contribution in [0.5, 0.6) is 0 Å². The van der Waals surface area contributed by atoms with E-state index in [1.807, 2.05) is 6.07 Å². The van der Waals surface area contributed by atoms with Crippen LogP contribution in [0, 0.1) is 16.9 Å². The number of quaternary nitrogens is 1. The van der Waals surface area contributed by atoms with Crippen molar-refractivity contribution in [1.82, 2.24) is 15.2 Å². The molecule has 0 saturated carbocycles. The molecule has 1 aromatic heterocycles. The molecule has 7 nitrogen and oxygen atoms in total. The fourth-order valence-corrected chi connectivity index (χ4v) is 4.73. The van der Waals surface area contributed by atoms with Crippen molar-refractivity contribution in [1.29, 1.82) is 10.8 Å². The van der Waals surface area contributed by atoms with Crippen LogP contribution >= 0.6 is 0 Å². The first-order valence-corrected chi connectivity index (χ1v) is 10.6. The Balaban J connectivity index is 1.59. The molecule has 2 atom stereocenters. The van der Waals surface area contributed by atoms with E-state index in [0.29, 0.717) is 30.6 Å². The van der Waals surface area contributed by atoms with E-state index in [2.05, 4.69) is 20.3 Å². The van der Waals surface area contributed by atoms with Gasteiger partial charge in [0.15, 0.2) is 17.1 Å². The zero-order valence-corrected chi connectivity index (χ0v) is 17.7. The number of aryl methyl sites for hydroxylation is 1. The van der Waals surface area contributed by atoms with Crippen LogP contribution in [-0.2, 0) is 12.6 Å². The van der Waals surface area contributed by atoms with Crippen LogP contribution < -0.4 is 10.6 Å². The van der Waals surface area contributed by atoms with Gasteiger partial charge in [-0.15, -0.1) is 5.11 Å². The molecule has 0 radical (unpaired) electrons. The Morgan fingerprint density at radius 3 is 2.78 bits per heavy atom. The summed E-state index contributed by atoms with van der Waals surface area (Å²) in [5.74, 6) is 0. The van der Waals surface area contributed by atoms with Crippen molar-refractivity contribution < 1.29 is 18.5 Å². The number of benzene rings is 1. The smallest absolute Gasteiger partial charge is 0.314 e. The van der Waals surface area contributed by atoms with Crippen molar-refractivity contribution in [2.24, 2.45) is 5.11 Å². The number of nitrogens with two attached hydrogens (primary N) is 1. The van der Waals surface area contributed by atoms with Gasteiger partial charge in [-0.2, -0.15) is 18.4 Å². The molecule has 0 spiro atoms. The second kappa shape index (κ2) is 8.94. The maximum absolute atomic E-state index is 13.9. The highest BCUT2D eigenvalue weighted by molar-refractivity contribution is 5.72. The number of alkyl halides is 3. The number of pyridine rings is 1. The summed E-state index contributed by atoms with van der Waals surface area (Å²) >= 11 is 0.